The highest BCUT2D eigenvalue weighted by atomic mass is 16.5. The Labute approximate surface area is 101 Å². The van der Waals surface area contributed by atoms with Gasteiger partial charge in [0, 0.05) is 33.0 Å². The average Bonchev–Trinajstić information content (AvgIpc) is 2.29. The predicted molar refractivity (Wildman–Crippen MR) is 62.9 cm³/mol. The molecule has 0 aliphatic heterocycles. The summed E-state index contributed by atoms with van der Waals surface area (Å²) in [4.78, 5) is 11.5. The van der Waals surface area contributed by atoms with Gasteiger partial charge < -0.3 is 20.5 Å². The van der Waals surface area contributed by atoms with Gasteiger partial charge in [0.05, 0.1) is 6.10 Å². The maximum Gasteiger partial charge on any atom is 0.263 e. The number of ether oxygens (including phenoxy) is 1. The summed E-state index contributed by atoms with van der Waals surface area (Å²) in [5, 5.41) is 23.0. The van der Waals surface area contributed by atoms with E-state index in [1.165, 1.54) is 6.20 Å². The zero-order chi connectivity index (χ0) is 13.1. The summed E-state index contributed by atoms with van der Waals surface area (Å²) in [6, 6.07) is 1.79. The van der Waals surface area contributed by atoms with E-state index in [0.29, 0.717) is 26.1 Å². The van der Waals surface area contributed by atoms with Crippen LogP contribution in [0.5, 0.6) is 0 Å². The summed E-state index contributed by atoms with van der Waals surface area (Å²) >= 11 is 0. The van der Waals surface area contributed by atoms with Crippen molar-refractivity contribution in [3.05, 3.63) is 11.8 Å². The summed E-state index contributed by atoms with van der Waals surface area (Å²) < 4.78 is 4.83. The Kier molecular flexibility index (Phi) is 8.74. The fourth-order valence-electron chi connectivity index (χ4n) is 0.994. The molecule has 6 heteroatoms. The number of methoxy groups -OCH3 is 1. The number of hydrogen-bond acceptors (Lipinski definition) is 5. The molecule has 0 saturated carbocycles. The lowest BCUT2D eigenvalue weighted by Crippen LogP contribution is -2.28. The van der Waals surface area contributed by atoms with Crippen LogP contribution in [-0.4, -0.2) is 43.9 Å². The summed E-state index contributed by atoms with van der Waals surface area (Å²) in [6.07, 6.45) is 1.47. The van der Waals surface area contributed by atoms with Crippen molar-refractivity contribution < 1.29 is 14.6 Å². The number of carbonyl (C=O) groups excluding carboxylic acids is 1. The monoisotopic (exact) mass is 241 g/mol. The maximum absolute atomic E-state index is 11.5. The minimum absolute atomic E-state index is 0.0110. The van der Waals surface area contributed by atoms with E-state index in [-0.39, 0.29) is 5.57 Å². The van der Waals surface area contributed by atoms with Crippen molar-refractivity contribution in [1.82, 2.24) is 10.6 Å². The van der Waals surface area contributed by atoms with Crippen LogP contribution in [0.25, 0.3) is 0 Å². The molecule has 1 atom stereocenters. The van der Waals surface area contributed by atoms with Gasteiger partial charge >= 0.3 is 0 Å². The molecule has 0 bridgehead atoms. The van der Waals surface area contributed by atoms with Crippen LogP contribution in [0.3, 0.4) is 0 Å². The average molecular weight is 241 g/mol. The van der Waals surface area contributed by atoms with Crippen molar-refractivity contribution >= 4 is 5.91 Å². The molecule has 0 fully saturated rings. The third kappa shape index (κ3) is 8.25. The Balaban J connectivity index is 4.00. The fourth-order valence-corrected chi connectivity index (χ4v) is 0.994. The molecule has 0 rings (SSSR count). The fraction of sp³-hybridized carbons (Fsp3) is 0.636. The molecule has 17 heavy (non-hydrogen) atoms. The van der Waals surface area contributed by atoms with Crippen molar-refractivity contribution in [3.63, 3.8) is 0 Å². The van der Waals surface area contributed by atoms with Crippen LogP contribution in [0, 0.1) is 11.3 Å². The van der Waals surface area contributed by atoms with Gasteiger partial charge in [-0.3, -0.25) is 4.79 Å². The second-order valence-corrected chi connectivity index (χ2v) is 3.53. The van der Waals surface area contributed by atoms with Crippen LogP contribution in [0.4, 0.5) is 0 Å². The summed E-state index contributed by atoms with van der Waals surface area (Å²) in [6.45, 7) is 2.92. The summed E-state index contributed by atoms with van der Waals surface area (Å²) in [7, 11) is 1.59. The van der Waals surface area contributed by atoms with Gasteiger partial charge in [0.15, 0.2) is 0 Å². The molecular weight excluding hydrogens is 222 g/mol. The number of aliphatic hydroxyl groups is 1. The van der Waals surface area contributed by atoms with E-state index < -0.39 is 12.0 Å². The Hall–Kier alpha value is -1.58. The van der Waals surface area contributed by atoms with Crippen LogP contribution >= 0.6 is 0 Å². The molecule has 0 aromatic carbocycles. The number of hydrogen-bond donors (Lipinski definition) is 3. The molecular formula is C11H19N3O3. The highest BCUT2D eigenvalue weighted by Gasteiger charge is 2.07. The van der Waals surface area contributed by atoms with E-state index in [0.717, 1.165) is 0 Å². The summed E-state index contributed by atoms with van der Waals surface area (Å²) in [5.74, 6) is -0.429. The van der Waals surface area contributed by atoms with Gasteiger partial charge in [-0.2, -0.15) is 5.26 Å². The Bertz CT molecular complexity index is 295. The smallest absolute Gasteiger partial charge is 0.263 e. The lowest BCUT2D eigenvalue weighted by Gasteiger charge is -2.05. The molecule has 3 N–H and O–H groups in total. The van der Waals surface area contributed by atoms with Gasteiger partial charge in [-0.15, -0.1) is 0 Å². The topological polar surface area (TPSA) is 94.4 Å². The lowest BCUT2D eigenvalue weighted by atomic mass is 10.3. The standard InChI is InChI=1S/C11H19N3O3/c1-9(15)7-13-8-10(6-12)11(16)14-4-3-5-17-2/h8-9,13,15H,3-5,7H2,1-2H3,(H,14,16)/b10-8-. The van der Waals surface area contributed by atoms with E-state index in [2.05, 4.69) is 10.6 Å². The molecule has 6 nitrogen and oxygen atoms in total. The summed E-state index contributed by atoms with van der Waals surface area (Å²) in [5.41, 5.74) is -0.0110. The molecule has 0 saturated heterocycles. The minimum atomic E-state index is -0.532. The van der Waals surface area contributed by atoms with E-state index in [4.69, 9.17) is 15.1 Å². The molecule has 0 aromatic heterocycles. The maximum atomic E-state index is 11.5. The largest absolute Gasteiger partial charge is 0.392 e. The van der Waals surface area contributed by atoms with Crippen molar-refractivity contribution in [1.29, 1.82) is 5.26 Å². The Morgan fingerprint density at radius 1 is 1.65 bits per heavy atom. The van der Waals surface area contributed by atoms with E-state index >= 15 is 0 Å². The van der Waals surface area contributed by atoms with Crippen LogP contribution in [-0.2, 0) is 9.53 Å². The van der Waals surface area contributed by atoms with Crippen LogP contribution in [0.15, 0.2) is 11.8 Å². The van der Waals surface area contributed by atoms with Gasteiger partial charge in [-0.25, -0.2) is 0 Å². The zero-order valence-electron chi connectivity index (χ0n) is 10.2. The molecule has 0 aliphatic carbocycles. The second-order valence-electron chi connectivity index (χ2n) is 3.53. The first-order valence-electron chi connectivity index (χ1n) is 5.40. The first kappa shape index (κ1) is 15.4. The molecule has 1 amide bonds. The number of amides is 1. The lowest BCUT2D eigenvalue weighted by molar-refractivity contribution is -0.117. The molecule has 0 heterocycles. The van der Waals surface area contributed by atoms with Crippen LogP contribution in [0.2, 0.25) is 0 Å². The Morgan fingerprint density at radius 3 is 2.88 bits per heavy atom. The molecule has 0 spiro atoms. The van der Waals surface area contributed by atoms with Crippen molar-refractivity contribution in [3.8, 4) is 6.07 Å². The number of nitrogens with zero attached hydrogens (tertiary/aromatic N) is 1. The normalized spacial score (nSPS) is 12.7. The van der Waals surface area contributed by atoms with Crippen LogP contribution in [0.1, 0.15) is 13.3 Å². The second kappa shape index (κ2) is 9.63. The number of rotatable bonds is 8. The quantitative estimate of drug-likeness (QED) is 0.303. The van der Waals surface area contributed by atoms with Crippen LogP contribution < -0.4 is 10.6 Å². The van der Waals surface area contributed by atoms with Gasteiger partial charge in [0.25, 0.3) is 5.91 Å². The van der Waals surface area contributed by atoms with Gasteiger partial charge in [0.1, 0.15) is 11.6 Å². The number of aliphatic hydroxyl groups excluding tert-OH is 1. The van der Waals surface area contributed by atoms with Gasteiger partial charge in [-0.1, -0.05) is 0 Å². The highest BCUT2D eigenvalue weighted by Crippen LogP contribution is 1.91. The zero-order valence-corrected chi connectivity index (χ0v) is 10.2. The highest BCUT2D eigenvalue weighted by molar-refractivity contribution is 5.97. The first-order valence-corrected chi connectivity index (χ1v) is 5.40. The van der Waals surface area contributed by atoms with Gasteiger partial charge in [-0.05, 0) is 13.3 Å². The third-order valence-corrected chi connectivity index (χ3v) is 1.84. The van der Waals surface area contributed by atoms with Crippen molar-refractivity contribution in [2.24, 2.45) is 0 Å². The number of nitrogens with one attached hydrogen (secondary N) is 2. The Morgan fingerprint density at radius 2 is 2.35 bits per heavy atom. The predicted octanol–water partition coefficient (Wildman–Crippen LogP) is -0.483. The molecule has 96 valence electrons. The van der Waals surface area contributed by atoms with E-state index in [9.17, 15) is 4.79 Å². The minimum Gasteiger partial charge on any atom is -0.392 e. The van der Waals surface area contributed by atoms with E-state index in [1.807, 2.05) is 0 Å². The SMILES string of the molecule is COCCCNC(=O)/C(C#N)=C\NCC(C)O. The number of nitriles is 1. The van der Waals surface area contributed by atoms with E-state index in [1.54, 1.807) is 20.1 Å². The van der Waals surface area contributed by atoms with Gasteiger partial charge in [0.2, 0.25) is 0 Å². The van der Waals surface area contributed by atoms with Crippen molar-refractivity contribution in [2.75, 3.05) is 26.8 Å². The molecule has 0 aromatic rings. The third-order valence-electron chi connectivity index (χ3n) is 1.84. The molecule has 0 radical (unpaired) electrons. The van der Waals surface area contributed by atoms with Crippen molar-refractivity contribution in [2.45, 2.75) is 19.4 Å². The number of carbonyl (C=O) groups is 1. The first-order chi connectivity index (χ1) is 8.11. The molecule has 0 aliphatic rings. The molecule has 1 unspecified atom stereocenters.